The normalized spacial score (nSPS) is 18.0. The number of anilines is 1. The Labute approximate surface area is 244 Å². The maximum absolute atomic E-state index is 13.6. The number of fused-ring (bicyclic) bond motifs is 2. The molecule has 1 saturated heterocycles. The summed E-state index contributed by atoms with van der Waals surface area (Å²) in [6.07, 6.45) is 1.51. The molecular weight excluding hydrogens is 589 g/mol. The number of amides is 2. The highest BCUT2D eigenvalue weighted by Gasteiger charge is 2.35. The number of thiophene rings is 2. The highest BCUT2D eigenvalue weighted by Crippen LogP contribution is 2.46. The van der Waals surface area contributed by atoms with Gasteiger partial charge in [0.05, 0.1) is 29.3 Å². The van der Waals surface area contributed by atoms with Crippen LogP contribution < -0.4 is 5.32 Å². The third-order valence-electron chi connectivity index (χ3n) is 7.17. The first kappa shape index (κ1) is 27.3. The molecule has 0 bridgehead atoms. The van der Waals surface area contributed by atoms with E-state index in [0.717, 1.165) is 31.2 Å². The van der Waals surface area contributed by atoms with E-state index in [4.69, 9.17) is 9.72 Å². The molecule has 6 rings (SSSR count). The number of nitrogens with zero attached hydrogens (tertiary/aromatic N) is 3. The van der Waals surface area contributed by atoms with Crippen LogP contribution in [0.4, 0.5) is 9.80 Å². The highest BCUT2D eigenvalue weighted by molar-refractivity contribution is 7.91. The lowest BCUT2D eigenvalue weighted by atomic mass is 9.98. The monoisotopic (exact) mass is 616 g/mol. The van der Waals surface area contributed by atoms with E-state index in [9.17, 15) is 18.0 Å². The molecule has 0 spiro atoms. The van der Waals surface area contributed by atoms with E-state index >= 15 is 0 Å². The molecule has 210 valence electrons. The van der Waals surface area contributed by atoms with Crippen molar-refractivity contribution < 1.29 is 22.7 Å². The van der Waals surface area contributed by atoms with Crippen LogP contribution in [0.25, 0.3) is 20.8 Å². The van der Waals surface area contributed by atoms with Crippen molar-refractivity contribution in [2.75, 3.05) is 31.6 Å². The Morgan fingerprint density at radius 3 is 2.77 bits per heavy atom. The summed E-state index contributed by atoms with van der Waals surface area (Å²) in [6, 6.07) is 11.3. The number of para-hydroxylation sites is 1. The molecule has 4 aromatic rings. The molecule has 1 aromatic carbocycles. The van der Waals surface area contributed by atoms with E-state index in [1.54, 1.807) is 40.7 Å². The average molecular weight is 617 g/mol. The number of hydrogen-bond donors (Lipinski definition) is 1. The molecule has 9 nitrogen and oxygen atoms in total. The van der Waals surface area contributed by atoms with Gasteiger partial charge in [0.2, 0.25) is 5.91 Å². The van der Waals surface area contributed by atoms with Crippen molar-refractivity contribution in [1.29, 1.82) is 0 Å². The molecule has 1 atom stereocenters. The van der Waals surface area contributed by atoms with Crippen LogP contribution in [0.3, 0.4) is 0 Å². The van der Waals surface area contributed by atoms with Gasteiger partial charge in [0, 0.05) is 30.1 Å². The summed E-state index contributed by atoms with van der Waals surface area (Å²) in [4.78, 5) is 33.6. The summed E-state index contributed by atoms with van der Waals surface area (Å²) >= 11 is 4.22. The first-order valence-corrected chi connectivity index (χ1v) is 17.1. The van der Waals surface area contributed by atoms with Crippen molar-refractivity contribution in [1.82, 2.24) is 14.2 Å². The van der Waals surface area contributed by atoms with Gasteiger partial charge in [0.25, 0.3) is 10.0 Å². The summed E-state index contributed by atoms with van der Waals surface area (Å²) in [6.45, 7) is 3.57. The van der Waals surface area contributed by atoms with E-state index in [1.807, 2.05) is 24.3 Å². The van der Waals surface area contributed by atoms with Gasteiger partial charge in [0.15, 0.2) is 0 Å². The summed E-state index contributed by atoms with van der Waals surface area (Å²) < 4.78 is 34.2. The molecule has 2 amide bonds. The minimum absolute atomic E-state index is 0.143. The number of benzene rings is 1. The summed E-state index contributed by atoms with van der Waals surface area (Å²) in [5, 5.41) is 6.41. The number of carbonyl (C=O) groups is 2. The number of hydrogen-bond acceptors (Lipinski definition) is 9. The molecule has 5 heterocycles. The fourth-order valence-corrected chi connectivity index (χ4v) is 10.2. The van der Waals surface area contributed by atoms with Crippen LogP contribution in [0, 0.1) is 5.92 Å². The van der Waals surface area contributed by atoms with Crippen LogP contribution in [0.2, 0.25) is 0 Å². The van der Waals surface area contributed by atoms with Crippen LogP contribution in [-0.4, -0.2) is 60.8 Å². The number of aromatic nitrogens is 1. The fraction of sp³-hybridized carbons (Fsp3) is 0.370. The molecule has 1 fully saturated rings. The molecule has 2 aliphatic rings. The predicted octanol–water partition coefficient (Wildman–Crippen LogP) is 5.64. The Morgan fingerprint density at radius 2 is 2.00 bits per heavy atom. The Kier molecular flexibility index (Phi) is 7.66. The number of thiazole rings is 1. The maximum Gasteiger partial charge on any atom is 0.410 e. The third kappa shape index (κ3) is 5.16. The van der Waals surface area contributed by atoms with Crippen LogP contribution in [0.15, 0.2) is 46.0 Å². The van der Waals surface area contributed by atoms with Gasteiger partial charge in [-0.15, -0.1) is 34.0 Å². The number of nitrogens with one attached hydrogen (secondary N) is 1. The molecule has 0 radical (unpaired) electrons. The van der Waals surface area contributed by atoms with Gasteiger partial charge in [-0.3, -0.25) is 4.79 Å². The topological polar surface area (TPSA) is 109 Å². The van der Waals surface area contributed by atoms with E-state index < -0.39 is 15.9 Å². The lowest BCUT2D eigenvalue weighted by molar-refractivity contribution is -0.120. The quantitative estimate of drug-likeness (QED) is 0.300. The van der Waals surface area contributed by atoms with Crippen molar-refractivity contribution >= 4 is 71.3 Å². The molecule has 13 heteroatoms. The zero-order chi connectivity index (χ0) is 27.9. The van der Waals surface area contributed by atoms with Gasteiger partial charge in [-0.25, -0.2) is 18.2 Å². The Morgan fingerprint density at radius 1 is 1.15 bits per heavy atom. The van der Waals surface area contributed by atoms with Gasteiger partial charge in [0.1, 0.15) is 14.2 Å². The smallest absolute Gasteiger partial charge is 0.410 e. The first-order valence-electron chi connectivity index (χ1n) is 13.1. The standard InChI is InChI=1S/C27H28N4O5S4/c1-2-36-27(33)30-13-11-18-21(16-30)39-26(23(18)25-28-19-8-3-4-9-20(19)38-25)29-24(32)17-7-5-12-31(15-17)40(34,35)22-10-6-14-37-22/h3-4,6,8-10,14,17H,2,5,7,11-13,15-16H2,1H3,(H,29,32). The third-order valence-corrected chi connectivity index (χ3v) is 12.6. The maximum atomic E-state index is 13.6. The summed E-state index contributed by atoms with van der Waals surface area (Å²) in [5.41, 5.74) is 2.88. The molecule has 0 aliphatic carbocycles. The zero-order valence-corrected chi connectivity index (χ0v) is 25.1. The van der Waals surface area contributed by atoms with Crippen molar-refractivity contribution in [3.05, 3.63) is 52.2 Å². The first-order chi connectivity index (χ1) is 19.3. The van der Waals surface area contributed by atoms with Crippen LogP contribution in [0.5, 0.6) is 0 Å². The van der Waals surface area contributed by atoms with Crippen molar-refractivity contribution in [3.8, 4) is 10.6 Å². The molecule has 3 aromatic heterocycles. The van der Waals surface area contributed by atoms with Crippen LogP contribution in [-0.2, 0) is 32.5 Å². The fourth-order valence-electron chi connectivity index (χ4n) is 5.19. The average Bonchev–Trinajstić information content (AvgIpc) is 3.71. The van der Waals surface area contributed by atoms with E-state index in [1.165, 1.54) is 27.0 Å². The summed E-state index contributed by atoms with van der Waals surface area (Å²) in [5.74, 6) is -0.670. The van der Waals surface area contributed by atoms with Crippen molar-refractivity contribution in [2.24, 2.45) is 5.92 Å². The SMILES string of the molecule is CCOC(=O)N1CCc2c(sc(NC(=O)C3CCCN(S(=O)(=O)c4cccs4)C3)c2-c2nc3ccccc3s2)C1. The Hall–Kier alpha value is -2.84. The largest absolute Gasteiger partial charge is 0.450 e. The lowest BCUT2D eigenvalue weighted by Crippen LogP contribution is -2.43. The van der Waals surface area contributed by atoms with E-state index in [-0.39, 0.29) is 18.5 Å². The molecule has 1 N–H and O–H groups in total. The van der Waals surface area contributed by atoms with Crippen molar-refractivity contribution in [2.45, 2.75) is 36.9 Å². The number of rotatable bonds is 6. The number of sulfonamides is 1. The Balaban J connectivity index is 1.30. The minimum Gasteiger partial charge on any atom is -0.450 e. The summed E-state index contributed by atoms with van der Waals surface area (Å²) in [7, 11) is -3.63. The number of ether oxygens (including phenoxy) is 1. The molecule has 0 saturated carbocycles. The minimum atomic E-state index is -3.63. The van der Waals surface area contributed by atoms with Crippen molar-refractivity contribution in [3.63, 3.8) is 0 Å². The predicted molar refractivity (Wildman–Crippen MR) is 159 cm³/mol. The second kappa shape index (κ2) is 11.2. The molecule has 40 heavy (non-hydrogen) atoms. The Bertz CT molecular complexity index is 1630. The van der Waals surface area contributed by atoms with Gasteiger partial charge < -0.3 is 15.0 Å². The van der Waals surface area contributed by atoms with Crippen LogP contribution >= 0.6 is 34.0 Å². The van der Waals surface area contributed by atoms with Crippen LogP contribution in [0.1, 0.15) is 30.2 Å². The molecule has 2 aliphatic heterocycles. The van der Waals surface area contributed by atoms with E-state index in [0.29, 0.717) is 54.7 Å². The molecule has 1 unspecified atom stereocenters. The second-order valence-electron chi connectivity index (χ2n) is 9.69. The number of piperidine rings is 1. The van der Waals surface area contributed by atoms with Gasteiger partial charge in [-0.05, 0) is 55.3 Å². The molecular formula is C27H28N4O5S4. The van der Waals surface area contributed by atoms with Gasteiger partial charge in [-0.2, -0.15) is 4.31 Å². The zero-order valence-electron chi connectivity index (χ0n) is 21.8. The van der Waals surface area contributed by atoms with Gasteiger partial charge >= 0.3 is 6.09 Å². The lowest BCUT2D eigenvalue weighted by Gasteiger charge is -2.30. The second-order valence-corrected chi connectivity index (χ2v) is 14.9. The van der Waals surface area contributed by atoms with E-state index in [2.05, 4.69) is 5.32 Å². The van der Waals surface area contributed by atoms with Gasteiger partial charge in [-0.1, -0.05) is 18.2 Å². The number of carbonyl (C=O) groups excluding carboxylic acids is 2. The highest BCUT2D eigenvalue weighted by atomic mass is 32.2.